The molecule has 0 aromatic rings. The summed E-state index contributed by atoms with van der Waals surface area (Å²) < 4.78 is 4.92. The molecule has 0 heterocycles. The van der Waals surface area contributed by atoms with Crippen LogP contribution in [0.5, 0.6) is 0 Å². The molecule has 10 heavy (non-hydrogen) atoms. The van der Waals surface area contributed by atoms with Gasteiger partial charge in [-0.05, 0) is 6.42 Å². The first kappa shape index (κ1) is 9.92. The van der Waals surface area contributed by atoms with Crippen LogP contribution in [0.4, 0.5) is 0 Å². The summed E-state index contributed by atoms with van der Waals surface area (Å²) in [4.78, 5) is 10.7. The van der Waals surface area contributed by atoms with E-state index < -0.39 is 0 Å². The lowest BCUT2D eigenvalue weighted by Crippen LogP contribution is -2.09. The molecule has 0 rings (SSSR count). The third-order valence-corrected chi connectivity index (χ3v) is 1.17. The molecule has 0 aliphatic carbocycles. The molecule has 0 aromatic carbocycles. The minimum Gasteiger partial charge on any atom is -0.372 e. The molecule has 0 aliphatic heterocycles. The van der Waals surface area contributed by atoms with Gasteiger partial charge in [-0.3, -0.25) is 4.79 Å². The van der Waals surface area contributed by atoms with Gasteiger partial charge >= 0.3 is 0 Å². The Morgan fingerprint density at radius 1 is 1.60 bits per heavy atom. The fourth-order valence-corrected chi connectivity index (χ4v) is 0.701. The van der Waals surface area contributed by atoms with Gasteiger partial charge < -0.3 is 4.74 Å². The number of halogens is 1. The summed E-state index contributed by atoms with van der Waals surface area (Å²) in [6.07, 6.45) is 1.51. The van der Waals surface area contributed by atoms with Crippen LogP contribution in [0.2, 0.25) is 0 Å². The van der Waals surface area contributed by atoms with Gasteiger partial charge in [-0.1, -0.05) is 6.92 Å². The second kappa shape index (κ2) is 7.03. The highest BCUT2D eigenvalue weighted by atomic mass is 35.5. The lowest BCUT2D eigenvalue weighted by atomic mass is 10.2. The van der Waals surface area contributed by atoms with E-state index in [-0.39, 0.29) is 12.4 Å². The van der Waals surface area contributed by atoms with Crippen molar-refractivity contribution in [3.8, 4) is 0 Å². The third kappa shape index (κ3) is 6.05. The van der Waals surface area contributed by atoms with Crippen LogP contribution < -0.4 is 0 Å². The zero-order valence-corrected chi connectivity index (χ0v) is 6.99. The van der Waals surface area contributed by atoms with Gasteiger partial charge in [0.1, 0.15) is 6.61 Å². The second-order valence-corrected chi connectivity index (χ2v) is 2.41. The van der Waals surface area contributed by atoms with Crippen LogP contribution in [0.1, 0.15) is 19.8 Å². The number of ether oxygens (including phenoxy) is 1. The molecule has 0 amide bonds. The number of ketones is 1. The molecular weight excluding hydrogens is 152 g/mol. The lowest BCUT2D eigenvalue weighted by Gasteiger charge is -1.98. The quantitative estimate of drug-likeness (QED) is 0.441. The van der Waals surface area contributed by atoms with Crippen molar-refractivity contribution in [1.29, 1.82) is 0 Å². The smallest absolute Gasteiger partial charge is 0.158 e. The summed E-state index contributed by atoms with van der Waals surface area (Å²) in [5.41, 5.74) is 0. The number of rotatable bonds is 6. The third-order valence-electron chi connectivity index (χ3n) is 1.01. The van der Waals surface area contributed by atoms with Gasteiger partial charge in [0.2, 0.25) is 0 Å². The molecule has 0 aliphatic rings. The Balaban J connectivity index is 3.05. The highest BCUT2D eigenvalue weighted by Crippen LogP contribution is 1.89. The number of carbonyl (C=O) groups excluding carboxylic acids is 1. The molecule has 0 saturated heterocycles. The normalized spacial score (nSPS) is 9.80. The maximum Gasteiger partial charge on any atom is 0.158 e. The van der Waals surface area contributed by atoms with Crippen LogP contribution in [0, 0.1) is 0 Å². The summed E-state index contributed by atoms with van der Waals surface area (Å²) in [6, 6.07) is 0. The Bertz CT molecular complexity index is 93.6. The van der Waals surface area contributed by atoms with Gasteiger partial charge in [-0.15, -0.1) is 11.6 Å². The van der Waals surface area contributed by atoms with E-state index in [9.17, 15) is 4.79 Å². The molecular formula is C7H13ClO2. The summed E-state index contributed by atoms with van der Waals surface area (Å²) >= 11 is 5.33. The van der Waals surface area contributed by atoms with Gasteiger partial charge in [0.25, 0.3) is 0 Å². The molecule has 0 radical (unpaired) electrons. The Hall–Kier alpha value is -0.0800. The molecule has 60 valence electrons. The molecule has 3 heteroatoms. The van der Waals surface area contributed by atoms with Crippen molar-refractivity contribution < 1.29 is 9.53 Å². The molecule has 0 fully saturated rings. The summed E-state index contributed by atoms with van der Waals surface area (Å²) in [5.74, 6) is 0.618. The van der Waals surface area contributed by atoms with Crippen molar-refractivity contribution >= 4 is 17.4 Å². The maximum absolute atomic E-state index is 10.7. The molecule has 2 nitrogen and oxygen atoms in total. The highest BCUT2D eigenvalue weighted by Gasteiger charge is 1.98. The van der Waals surface area contributed by atoms with Crippen LogP contribution in [-0.2, 0) is 9.53 Å². The Morgan fingerprint density at radius 3 is 2.80 bits per heavy atom. The van der Waals surface area contributed by atoms with Gasteiger partial charge in [0, 0.05) is 12.3 Å². The number of alkyl halides is 1. The predicted molar refractivity (Wildman–Crippen MR) is 41.5 cm³/mol. The number of Topliss-reactive ketones (excluding diaryl/α,β-unsaturated/α-hetero) is 1. The van der Waals surface area contributed by atoms with E-state index in [4.69, 9.17) is 16.3 Å². The predicted octanol–water partition coefficient (Wildman–Crippen LogP) is 1.61. The van der Waals surface area contributed by atoms with Crippen LogP contribution in [-0.4, -0.2) is 24.9 Å². The average Bonchev–Trinajstić information content (AvgIpc) is 1.89. The van der Waals surface area contributed by atoms with E-state index in [1.807, 2.05) is 6.92 Å². The summed E-state index contributed by atoms with van der Waals surface area (Å²) in [6.45, 7) is 2.66. The minimum atomic E-state index is 0.160. The largest absolute Gasteiger partial charge is 0.372 e. The van der Waals surface area contributed by atoms with Crippen molar-refractivity contribution in [1.82, 2.24) is 0 Å². The standard InChI is InChI=1S/C7H13ClO2/c1-2-3-7(9)6-10-5-4-8/h2-6H2,1H3. The SMILES string of the molecule is CCCC(=O)COCCCl. The topological polar surface area (TPSA) is 26.3 Å². The van der Waals surface area contributed by atoms with E-state index in [1.54, 1.807) is 0 Å². The molecule has 0 spiro atoms. The van der Waals surface area contributed by atoms with Crippen molar-refractivity contribution in [2.24, 2.45) is 0 Å². The van der Waals surface area contributed by atoms with E-state index >= 15 is 0 Å². The number of hydrogen-bond donors (Lipinski definition) is 0. The zero-order valence-electron chi connectivity index (χ0n) is 6.23. The van der Waals surface area contributed by atoms with Gasteiger partial charge in [-0.25, -0.2) is 0 Å². The Labute approximate surface area is 66.5 Å². The second-order valence-electron chi connectivity index (χ2n) is 2.03. The highest BCUT2D eigenvalue weighted by molar-refractivity contribution is 6.17. The van der Waals surface area contributed by atoms with Crippen molar-refractivity contribution in [2.75, 3.05) is 19.1 Å². The van der Waals surface area contributed by atoms with Crippen molar-refractivity contribution in [3.63, 3.8) is 0 Å². The fourth-order valence-electron chi connectivity index (χ4n) is 0.592. The molecule has 0 N–H and O–H groups in total. The molecule has 0 bridgehead atoms. The van der Waals surface area contributed by atoms with Crippen molar-refractivity contribution in [2.45, 2.75) is 19.8 Å². The molecule has 0 atom stereocenters. The minimum absolute atomic E-state index is 0.160. The van der Waals surface area contributed by atoms with Crippen LogP contribution in [0.25, 0.3) is 0 Å². The summed E-state index contributed by atoms with van der Waals surface area (Å²) in [7, 11) is 0. The van der Waals surface area contributed by atoms with Crippen molar-refractivity contribution in [3.05, 3.63) is 0 Å². The lowest BCUT2D eigenvalue weighted by molar-refractivity contribution is -0.123. The summed E-state index contributed by atoms with van der Waals surface area (Å²) in [5, 5.41) is 0. The van der Waals surface area contributed by atoms with E-state index in [2.05, 4.69) is 0 Å². The molecule has 0 unspecified atom stereocenters. The van der Waals surface area contributed by atoms with Gasteiger partial charge in [0.05, 0.1) is 6.61 Å². The Kier molecular flexibility index (Phi) is 6.98. The van der Waals surface area contributed by atoms with Gasteiger partial charge in [-0.2, -0.15) is 0 Å². The van der Waals surface area contributed by atoms with Gasteiger partial charge in [0.15, 0.2) is 5.78 Å². The molecule has 0 saturated carbocycles. The first-order valence-electron chi connectivity index (χ1n) is 3.46. The van der Waals surface area contributed by atoms with E-state index in [0.717, 1.165) is 6.42 Å². The van der Waals surface area contributed by atoms with E-state index in [1.165, 1.54) is 0 Å². The first-order chi connectivity index (χ1) is 4.81. The zero-order chi connectivity index (χ0) is 7.82. The maximum atomic E-state index is 10.7. The monoisotopic (exact) mass is 164 g/mol. The average molecular weight is 165 g/mol. The number of carbonyl (C=O) groups is 1. The Morgan fingerprint density at radius 2 is 2.30 bits per heavy atom. The van der Waals surface area contributed by atoms with Crippen LogP contribution in [0.3, 0.4) is 0 Å². The number of hydrogen-bond acceptors (Lipinski definition) is 2. The first-order valence-corrected chi connectivity index (χ1v) is 4.00. The van der Waals surface area contributed by atoms with Crippen LogP contribution >= 0.6 is 11.6 Å². The van der Waals surface area contributed by atoms with E-state index in [0.29, 0.717) is 18.9 Å². The fraction of sp³-hybridized carbons (Fsp3) is 0.857. The molecule has 0 aromatic heterocycles. The van der Waals surface area contributed by atoms with Crippen LogP contribution in [0.15, 0.2) is 0 Å².